The van der Waals surface area contributed by atoms with E-state index >= 15 is 0 Å². The average molecular weight is 609 g/mol. The quantitative estimate of drug-likeness (QED) is 0.325. The Morgan fingerprint density at radius 3 is 2.17 bits per heavy atom. The molecule has 2 amide bonds. The molecule has 214 valence electrons. The maximum Gasteiger partial charge on any atom is 0.264 e. The Morgan fingerprint density at radius 1 is 0.975 bits per heavy atom. The predicted octanol–water partition coefficient (Wildman–Crippen LogP) is 5.97. The van der Waals surface area contributed by atoms with Gasteiger partial charge in [-0.1, -0.05) is 59.1 Å². The number of rotatable bonds is 9. The normalized spacial score (nSPS) is 12.5. The summed E-state index contributed by atoms with van der Waals surface area (Å²) in [5.74, 6) is -1.75. The predicted molar refractivity (Wildman–Crippen MR) is 156 cm³/mol. The van der Waals surface area contributed by atoms with Crippen molar-refractivity contribution in [3.8, 4) is 0 Å². The second-order valence-electron chi connectivity index (χ2n) is 10.5. The van der Waals surface area contributed by atoms with Gasteiger partial charge >= 0.3 is 0 Å². The van der Waals surface area contributed by atoms with Gasteiger partial charge in [-0.05, 0) is 71.0 Å². The third-order valence-corrected chi connectivity index (χ3v) is 8.57. The van der Waals surface area contributed by atoms with E-state index in [4.69, 9.17) is 23.2 Å². The van der Waals surface area contributed by atoms with E-state index in [2.05, 4.69) is 5.32 Å². The Morgan fingerprint density at radius 2 is 1.60 bits per heavy atom. The minimum Gasteiger partial charge on any atom is -0.350 e. The second-order valence-corrected chi connectivity index (χ2v) is 13.1. The monoisotopic (exact) mass is 607 g/mol. The molecule has 0 spiro atoms. The number of aryl methyl sites for hydroxylation is 1. The highest BCUT2D eigenvalue weighted by molar-refractivity contribution is 7.92. The number of nitrogens with zero attached hydrogens (tertiary/aromatic N) is 2. The molecule has 0 bridgehead atoms. The number of hydrogen-bond donors (Lipinski definition) is 1. The molecular formula is C29H32Cl2FN3O4S. The highest BCUT2D eigenvalue weighted by atomic mass is 35.5. The van der Waals surface area contributed by atoms with Gasteiger partial charge in [-0.2, -0.15) is 0 Å². The van der Waals surface area contributed by atoms with E-state index in [0.717, 1.165) is 14.8 Å². The molecule has 3 rings (SSSR count). The molecule has 0 saturated heterocycles. The lowest BCUT2D eigenvalue weighted by Crippen LogP contribution is -2.54. The van der Waals surface area contributed by atoms with E-state index in [0.29, 0.717) is 0 Å². The summed E-state index contributed by atoms with van der Waals surface area (Å²) in [6.45, 7) is 7.77. The van der Waals surface area contributed by atoms with Crippen LogP contribution in [-0.4, -0.2) is 43.3 Å². The summed E-state index contributed by atoms with van der Waals surface area (Å²) in [7, 11) is -4.28. The number of sulfonamides is 1. The fourth-order valence-corrected chi connectivity index (χ4v) is 5.57. The first-order valence-electron chi connectivity index (χ1n) is 12.5. The number of benzene rings is 3. The Balaban J connectivity index is 2.08. The maximum absolute atomic E-state index is 14.6. The fraction of sp³-hybridized carbons (Fsp3) is 0.310. The lowest BCUT2D eigenvalue weighted by molar-refractivity contribution is -0.140. The van der Waals surface area contributed by atoms with Gasteiger partial charge in [-0.3, -0.25) is 13.9 Å². The van der Waals surface area contributed by atoms with Crippen LogP contribution in [0.1, 0.15) is 38.8 Å². The molecule has 0 fully saturated rings. The van der Waals surface area contributed by atoms with Crippen molar-refractivity contribution in [2.45, 2.75) is 57.6 Å². The largest absolute Gasteiger partial charge is 0.350 e. The molecule has 1 N–H and O–H groups in total. The van der Waals surface area contributed by atoms with Gasteiger partial charge in [0.25, 0.3) is 10.0 Å². The van der Waals surface area contributed by atoms with Crippen LogP contribution in [0, 0.1) is 12.7 Å². The fourth-order valence-electron chi connectivity index (χ4n) is 3.87. The van der Waals surface area contributed by atoms with Crippen LogP contribution in [0.15, 0.2) is 71.6 Å². The molecule has 0 aliphatic carbocycles. The van der Waals surface area contributed by atoms with Crippen LogP contribution in [0.2, 0.25) is 10.0 Å². The highest BCUT2D eigenvalue weighted by Crippen LogP contribution is 2.31. The lowest BCUT2D eigenvalue weighted by Gasteiger charge is -2.33. The zero-order valence-corrected chi connectivity index (χ0v) is 25.2. The molecule has 0 radical (unpaired) electrons. The number of anilines is 1. The van der Waals surface area contributed by atoms with Crippen LogP contribution in [0.5, 0.6) is 0 Å². The third kappa shape index (κ3) is 7.74. The zero-order valence-electron chi connectivity index (χ0n) is 22.9. The first-order chi connectivity index (χ1) is 18.6. The van der Waals surface area contributed by atoms with Crippen LogP contribution in [-0.2, 0) is 26.2 Å². The van der Waals surface area contributed by atoms with Gasteiger partial charge in [0.05, 0.1) is 20.6 Å². The standard InChI is InChI=1S/C29H32Cl2FN3O4S/c1-19-10-13-23(14-11-19)40(38,39)35(22-12-15-24(30)25(31)16-22)18-27(36)34(17-21-8-6-7-9-26(21)32)20(2)28(37)33-29(3,4)5/h6-16,20H,17-18H2,1-5H3,(H,33,37). The molecule has 0 heterocycles. The summed E-state index contributed by atoms with van der Waals surface area (Å²) >= 11 is 12.3. The van der Waals surface area contributed by atoms with Crippen LogP contribution in [0.3, 0.4) is 0 Å². The number of carbonyl (C=O) groups excluding carboxylic acids is 2. The van der Waals surface area contributed by atoms with E-state index in [9.17, 15) is 22.4 Å². The van der Waals surface area contributed by atoms with Crippen molar-refractivity contribution in [2.75, 3.05) is 10.8 Å². The number of halogens is 3. The number of amides is 2. The minimum atomic E-state index is -4.28. The van der Waals surface area contributed by atoms with Gasteiger partial charge in [0, 0.05) is 17.6 Å². The van der Waals surface area contributed by atoms with E-state index in [-0.39, 0.29) is 32.7 Å². The summed E-state index contributed by atoms with van der Waals surface area (Å²) < 4.78 is 43.2. The van der Waals surface area contributed by atoms with E-state index in [1.54, 1.807) is 39.0 Å². The molecule has 0 aliphatic heterocycles. The summed E-state index contributed by atoms with van der Waals surface area (Å²) in [5.41, 5.74) is 0.527. The first-order valence-corrected chi connectivity index (χ1v) is 14.7. The molecular weight excluding hydrogens is 576 g/mol. The number of nitrogens with one attached hydrogen (secondary N) is 1. The van der Waals surface area contributed by atoms with E-state index in [1.807, 2.05) is 6.92 Å². The Hall–Kier alpha value is -3.14. The summed E-state index contributed by atoms with van der Waals surface area (Å²) in [5, 5.41) is 3.13. The van der Waals surface area contributed by atoms with Crippen molar-refractivity contribution in [2.24, 2.45) is 0 Å². The van der Waals surface area contributed by atoms with Crippen molar-refractivity contribution in [3.05, 3.63) is 93.7 Å². The summed E-state index contributed by atoms with van der Waals surface area (Å²) in [6.07, 6.45) is 0. The highest BCUT2D eigenvalue weighted by Gasteiger charge is 2.34. The SMILES string of the molecule is Cc1ccc(S(=O)(=O)N(CC(=O)N(Cc2ccccc2F)C(C)C(=O)NC(C)(C)C)c2ccc(Cl)c(Cl)c2)cc1. The summed E-state index contributed by atoms with van der Waals surface area (Å²) in [6, 6.07) is 15.2. The van der Waals surface area contributed by atoms with Crippen LogP contribution in [0.25, 0.3) is 0 Å². The molecule has 1 atom stereocenters. The summed E-state index contributed by atoms with van der Waals surface area (Å²) in [4.78, 5) is 28.1. The van der Waals surface area contributed by atoms with Crippen molar-refractivity contribution in [1.29, 1.82) is 0 Å². The van der Waals surface area contributed by atoms with Crippen molar-refractivity contribution in [3.63, 3.8) is 0 Å². The van der Waals surface area contributed by atoms with Crippen LogP contribution in [0.4, 0.5) is 10.1 Å². The molecule has 3 aromatic carbocycles. The lowest BCUT2D eigenvalue weighted by atomic mass is 10.1. The smallest absolute Gasteiger partial charge is 0.264 e. The van der Waals surface area contributed by atoms with Crippen molar-refractivity contribution in [1.82, 2.24) is 10.2 Å². The van der Waals surface area contributed by atoms with E-state index < -0.39 is 45.8 Å². The van der Waals surface area contributed by atoms with Gasteiger partial charge in [0.2, 0.25) is 11.8 Å². The molecule has 0 aromatic heterocycles. The van der Waals surface area contributed by atoms with Gasteiger partial charge in [-0.25, -0.2) is 12.8 Å². The Labute approximate surface area is 244 Å². The van der Waals surface area contributed by atoms with Crippen molar-refractivity contribution >= 4 is 50.7 Å². The molecule has 40 heavy (non-hydrogen) atoms. The number of carbonyl (C=O) groups is 2. The zero-order chi connectivity index (χ0) is 29.8. The van der Waals surface area contributed by atoms with Gasteiger partial charge in [0.1, 0.15) is 18.4 Å². The molecule has 11 heteroatoms. The Kier molecular flexibility index (Phi) is 9.87. The molecule has 0 aliphatic rings. The van der Waals surface area contributed by atoms with E-state index in [1.165, 1.54) is 55.5 Å². The van der Waals surface area contributed by atoms with Crippen molar-refractivity contribution < 1.29 is 22.4 Å². The molecule has 3 aromatic rings. The maximum atomic E-state index is 14.6. The molecule has 1 unspecified atom stereocenters. The molecule has 0 saturated carbocycles. The molecule has 7 nitrogen and oxygen atoms in total. The third-order valence-electron chi connectivity index (χ3n) is 6.04. The topological polar surface area (TPSA) is 86.8 Å². The average Bonchev–Trinajstić information content (AvgIpc) is 2.87. The number of hydrogen-bond acceptors (Lipinski definition) is 4. The van der Waals surface area contributed by atoms with Crippen LogP contribution >= 0.6 is 23.2 Å². The van der Waals surface area contributed by atoms with Gasteiger partial charge < -0.3 is 10.2 Å². The van der Waals surface area contributed by atoms with Gasteiger partial charge in [0.15, 0.2) is 0 Å². The minimum absolute atomic E-state index is 0.0452. The first kappa shape index (κ1) is 31.4. The second kappa shape index (κ2) is 12.6. The Bertz CT molecular complexity index is 1490. The van der Waals surface area contributed by atoms with Crippen LogP contribution < -0.4 is 9.62 Å². The van der Waals surface area contributed by atoms with Gasteiger partial charge in [-0.15, -0.1) is 0 Å².